The zero-order valence-electron chi connectivity index (χ0n) is 9.06. The Morgan fingerprint density at radius 1 is 1.50 bits per heavy atom. The zero-order valence-corrected chi connectivity index (χ0v) is 9.06. The van der Waals surface area contributed by atoms with Gasteiger partial charge in [0.05, 0.1) is 25.3 Å². The molecule has 1 aromatic heterocycles. The lowest BCUT2D eigenvalue weighted by Gasteiger charge is -2.25. The zero-order chi connectivity index (χ0) is 12.2. The van der Waals surface area contributed by atoms with Crippen LogP contribution in [0.1, 0.15) is 23.2 Å². The summed E-state index contributed by atoms with van der Waals surface area (Å²) >= 11 is 0. The van der Waals surface area contributed by atoms with Crippen LogP contribution in [0.3, 0.4) is 0 Å². The van der Waals surface area contributed by atoms with E-state index in [1.165, 1.54) is 13.0 Å². The highest BCUT2D eigenvalue weighted by Crippen LogP contribution is 2.09. The monoisotopic (exact) mass is 228 g/mol. The van der Waals surface area contributed by atoms with E-state index in [1.807, 2.05) is 0 Å². The summed E-state index contributed by atoms with van der Waals surface area (Å²) in [6, 6.07) is 3.09. The molecular weight excluding hydrogens is 212 g/mol. The van der Waals surface area contributed by atoms with Crippen molar-refractivity contribution in [3.63, 3.8) is 0 Å². The minimum absolute atomic E-state index is 0.105. The SMILES string of the molecule is CC(CO)(CO)NC(=O)c1ccc(CN)o1. The fraction of sp³-hybridized carbons (Fsp3) is 0.500. The maximum Gasteiger partial charge on any atom is 0.287 e. The Morgan fingerprint density at radius 3 is 2.56 bits per heavy atom. The number of amides is 1. The lowest BCUT2D eigenvalue weighted by Crippen LogP contribution is -2.51. The standard InChI is InChI=1S/C10H16N2O4/c1-10(5-13,6-14)12-9(15)8-3-2-7(4-11)16-8/h2-3,13-14H,4-6,11H2,1H3,(H,12,15). The molecule has 0 radical (unpaired) electrons. The highest BCUT2D eigenvalue weighted by Gasteiger charge is 2.26. The van der Waals surface area contributed by atoms with E-state index < -0.39 is 11.4 Å². The molecule has 6 heteroatoms. The van der Waals surface area contributed by atoms with Crippen molar-refractivity contribution >= 4 is 5.91 Å². The van der Waals surface area contributed by atoms with Gasteiger partial charge in [0, 0.05) is 0 Å². The molecule has 0 bridgehead atoms. The Hall–Kier alpha value is -1.37. The van der Waals surface area contributed by atoms with Crippen molar-refractivity contribution in [3.8, 4) is 0 Å². The number of nitrogens with two attached hydrogens (primary N) is 1. The third kappa shape index (κ3) is 2.82. The van der Waals surface area contributed by atoms with E-state index in [4.69, 9.17) is 20.4 Å². The minimum atomic E-state index is -1.06. The quantitative estimate of drug-likeness (QED) is 0.528. The second-order valence-electron chi connectivity index (χ2n) is 3.80. The van der Waals surface area contributed by atoms with Gasteiger partial charge in [-0.3, -0.25) is 4.79 Å². The van der Waals surface area contributed by atoms with E-state index in [0.29, 0.717) is 5.76 Å². The molecule has 0 unspecified atom stereocenters. The van der Waals surface area contributed by atoms with Gasteiger partial charge in [0.2, 0.25) is 0 Å². The Kier molecular flexibility index (Phi) is 4.05. The van der Waals surface area contributed by atoms with Gasteiger partial charge in [-0.25, -0.2) is 0 Å². The van der Waals surface area contributed by atoms with Gasteiger partial charge in [0.15, 0.2) is 5.76 Å². The summed E-state index contributed by atoms with van der Waals surface area (Å²) < 4.78 is 5.13. The van der Waals surface area contributed by atoms with Crippen molar-refractivity contribution in [2.75, 3.05) is 13.2 Å². The topological polar surface area (TPSA) is 109 Å². The molecule has 90 valence electrons. The molecule has 0 fully saturated rings. The molecule has 1 rings (SSSR count). The van der Waals surface area contributed by atoms with Crippen molar-refractivity contribution < 1.29 is 19.4 Å². The second kappa shape index (κ2) is 5.11. The van der Waals surface area contributed by atoms with Crippen LogP contribution < -0.4 is 11.1 Å². The van der Waals surface area contributed by atoms with E-state index in [1.54, 1.807) is 6.07 Å². The van der Waals surface area contributed by atoms with E-state index in [-0.39, 0.29) is 25.5 Å². The maximum absolute atomic E-state index is 11.6. The summed E-state index contributed by atoms with van der Waals surface area (Å²) in [6.45, 7) is 1.02. The Balaban J connectivity index is 2.71. The molecule has 0 aliphatic carbocycles. The molecule has 0 atom stereocenters. The van der Waals surface area contributed by atoms with Gasteiger partial charge in [-0.05, 0) is 19.1 Å². The third-order valence-corrected chi connectivity index (χ3v) is 2.20. The highest BCUT2D eigenvalue weighted by atomic mass is 16.4. The minimum Gasteiger partial charge on any atom is -0.455 e. The Morgan fingerprint density at radius 2 is 2.12 bits per heavy atom. The molecule has 1 aromatic rings. The van der Waals surface area contributed by atoms with Crippen LogP contribution in [-0.4, -0.2) is 34.9 Å². The average Bonchev–Trinajstić information content (AvgIpc) is 2.77. The highest BCUT2D eigenvalue weighted by molar-refractivity contribution is 5.92. The van der Waals surface area contributed by atoms with Crippen molar-refractivity contribution in [2.45, 2.75) is 19.0 Å². The molecule has 1 amide bonds. The number of aliphatic hydroxyl groups excluding tert-OH is 2. The lowest BCUT2D eigenvalue weighted by molar-refractivity contribution is 0.0699. The second-order valence-corrected chi connectivity index (χ2v) is 3.80. The summed E-state index contributed by atoms with van der Waals surface area (Å²) in [7, 11) is 0. The Labute approximate surface area is 93.1 Å². The first kappa shape index (κ1) is 12.7. The van der Waals surface area contributed by atoms with Gasteiger partial charge < -0.3 is 25.7 Å². The first-order valence-electron chi connectivity index (χ1n) is 4.87. The van der Waals surface area contributed by atoms with Gasteiger partial charge in [-0.2, -0.15) is 0 Å². The molecule has 0 aliphatic rings. The van der Waals surface area contributed by atoms with E-state index in [9.17, 15) is 4.79 Å². The first-order chi connectivity index (χ1) is 7.54. The first-order valence-corrected chi connectivity index (χ1v) is 4.87. The number of nitrogens with one attached hydrogen (secondary N) is 1. The average molecular weight is 228 g/mol. The van der Waals surface area contributed by atoms with Crippen molar-refractivity contribution in [1.29, 1.82) is 0 Å². The molecule has 0 saturated heterocycles. The Bertz CT molecular complexity index is 357. The van der Waals surface area contributed by atoms with Gasteiger partial charge in [0.1, 0.15) is 5.76 Å². The summed E-state index contributed by atoms with van der Waals surface area (Å²) in [6.07, 6.45) is 0. The van der Waals surface area contributed by atoms with Gasteiger partial charge in [0.25, 0.3) is 5.91 Å². The van der Waals surface area contributed by atoms with Crippen LogP contribution in [0.4, 0.5) is 0 Å². The van der Waals surface area contributed by atoms with Gasteiger partial charge in [-0.1, -0.05) is 0 Å². The molecular formula is C10H16N2O4. The lowest BCUT2D eigenvalue weighted by atomic mass is 10.1. The van der Waals surface area contributed by atoms with Crippen molar-refractivity contribution in [3.05, 3.63) is 23.7 Å². The molecule has 16 heavy (non-hydrogen) atoms. The van der Waals surface area contributed by atoms with Crippen LogP contribution in [0.2, 0.25) is 0 Å². The number of carbonyl (C=O) groups is 1. The van der Waals surface area contributed by atoms with E-state index in [0.717, 1.165) is 0 Å². The summed E-state index contributed by atoms with van der Waals surface area (Å²) in [5.41, 5.74) is 4.27. The number of hydrogen-bond donors (Lipinski definition) is 4. The fourth-order valence-electron chi connectivity index (χ4n) is 1.07. The van der Waals surface area contributed by atoms with Crippen LogP contribution >= 0.6 is 0 Å². The van der Waals surface area contributed by atoms with Crippen LogP contribution in [0.25, 0.3) is 0 Å². The smallest absolute Gasteiger partial charge is 0.287 e. The molecule has 6 nitrogen and oxygen atoms in total. The van der Waals surface area contributed by atoms with Crippen LogP contribution in [-0.2, 0) is 6.54 Å². The van der Waals surface area contributed by atoms with Crippen LogP contribution in [0.15, 0.2) is 16.5 Å². The van der Waals surface area contributed by atoms with Crippen LogP contribution in [0.5, 0.6) is 0 Å². The summed E-state index contributed by atoms with van der Waals surface area (Å²) in [5.74, 6) is 0.110. The van der Waals surface area contributed by atoms with Crippen molar-refractivity contribution in [2.24, 2.45) is 5.73 Å². The van der Waals surface area contributed by atoms with Crippen molar-refractivity contribution in [1.82, 2.24) is 5.32 Å². The molecule has 0 aliphatic heterocycles. The number of aliphatic hydroxyl groups is 2. The number of hydrogen-bond acceptors (Lipinski definition) is 5. The predicted molar refractivity (Wildman–Crippen MR) is 56.6 cm³/mol. The summed E-state index contributed by atoms with van der Waals surface area (Å²) in [4.78, 5) is 11.6. The maximum atomic E-state index is 11.6. The predicted octanol–water partition coefficient (Wildman–Crippen LogP) is -0.789. The van der Waals surface area contributed by atoms with Gasteiger partial charge in [-0.15, -0.1) is 0 Å². The van der Waals surface area contributed by atoms with E-state index >= 15 is 0 Å². The van der Waals surface area contributed by atoms with Gasteiger partial charge >= 0.3 is 0 Å². The number of carbonyl (C=O) groups excluding carboxylic acids is 1. The number of rotatable bonds is 5. The molecule has 5 N–H and O–H groups in total. The molecule has 0 spiro atoms. The number of furan rings is 1. The molecule has 1 heterocycles. The normalized spacial score (nSPS) is 11.5. The fourth-order valence-corrected chi connectivity index (χ4v) is 1.07. The summed E-state index contributed by atoms with van der Waals surface area (Å²) in [5, 5.41) is 20.5. The largest absolute Gasteiger partial charge is 0.455 e. The molecule has 0 saturated carbocycles. The third-order valence-electron chi connectivity index (χ3n) is 2.20. The molecule has 0 aromatic carbocycles. The van der Waals surface area contributed by atoms with E-state index in [2.05, 4.69) is 5.32 Å². The van der Waals surface area contributed by atoms with Crippen LogP contribution in [0, 0.1) is 0 Å².